The van der Waals surface area contributed by atoms with Crippen LogP contribution in [0, 0.1) is 6.92 Å². The van der Waals surface area contributed by atoms with Crippen LogP contribution in [0.5, 0.6) is 11.5 Å². The topological polar surface area (TPSA) is 66.9 Å². The van der Waals surface area contributed by atoms with Crippen molar-refractivity contribution in [2.45, 2.75) is 51.4 Å². The summed E-state index contributed by atoms with van der Waals surface area (Å²) in [4.78, 5) is 23.9. The first-order valence-corrected chi connectivity index (χ1v) is 15.5. The zero-order valence-corrected chi connectivity index (χ0v) is 25.1. The fourth-order valence-electron chi connectivity index (χ4n) is 6.76. The van der Waals surface area contributed by atoms with Gasteiger partial charge in [0.2, 0.25) is 6.79 Å². The molecule has 0 aliphatic carbocycles. The largest absolute Gasteiger partial charge is 0.454 e. The number of carbonyl (C=O) groups is 1. The van der Waals surface area contributed by atoms with E-state index in [1.54, 1.807) is 0 Å². The number of pyridine rings is 1. The molecule has 0 spiro atoms. The highest BCUT2D eigenvalue weighted by molar-refractivity contribution is 6.09. The fraction of sp³-hybridized carbons (Fsp3) is 0.371. The number of nitrogens with one attached hydrogen (secondary N) is 1. The van der Waals surface area contributed by atoms with E-state index in [4.69, 9.17) is 14.5 Å². The molecule has 1 N–H and O–H groups in total. The lowest BCUT2D eigenvalue weighted by Gasteiger charge is -2.29. The molecule has 1 aromatic heterocycles. The maximum absolute atomic E-state index is 14.5. The Morgan fingerprint density at radius 1 is 0.933 bits per heavy atom. The van der Waals surface area contributed by atoms with E-state index >= 15 is 0 Å². The number of nitrogens with zero attached hydrogens (tertiary/aromatic N) is 3. The summed E-state index contributed by atoms with van der Waals surface area (Å²) in [5, 5.41) is 4.07. The highest BCUT2D eigenvalue weighted by atomic mass is 19.4. The summed E-state index contributed by atoms with van der Waals surface area (Å²) in [7, 11) is 0. The second-order valence-electron chi connectivity index (χ2n) is 12.1. The Kier molecular flexibility index (Phi) is 7.77. The maximum Gasteiger partial charge on any atom is 0.416 e. The average molecular weight is 617 g/mol. The third-order valence-corrected chi connectivity index (χ3v) is 9.19. The molecule has 45 heavy (non-hydrogen) atoms. The number of aromatic nitrogens is 1. The molecule has 234 valence electrons. The highest BCUT2D eigenvalue weighted by Crippen LogP contribution is 2.38. The molecule has 3 aromatic carbocycles. The normalized spacial score (nSPS) is 18.2. The minimum absolute atomic E-state index is 0.0120. The number of hydrogen-bond acceptors (Lipinski definition) is 6. The molecule has 1 atom stereocenters. The number of amides is 1. The van der Waals surface area contributed by atoms with Crippen LogP contribution < -0.4 is 14.8 Å². The van der Waals surface area contributed by atoms with Gasteiger partial charge in [-0.1, -0.05) is 24.3 Å². The minimum atomic E-state index is -4.39. The monoisotopic (exact) mass is 616 g/mol. The maximum atomic E-state index is 14.5. The van der Waals surface area contributed by atoms with Gasteiger partial charge in [-0.15, -0.1) is 0 Å². The third-order valence-electron chi connectivity index (χ3n) is 9.19. The van der Waals surface area contributed by atoms with Crippen LogP contribution in [0.2, 0.25) is 0 Å². The van der Waals surface area contributed by atoms with Gasteiger partial charge in [-0.2, -0.15) is 13.2 Å². The highest BCUT2D eigenvalue weighted by Gasteiger charge is 2.34. The zero-order chi connectivity index (χ0) is 31.1. The lowest BCUT2D eigenvalue weighted by Crippen LogP contribution is -2.42. The van der Waals surface area contributed by atoms with Gasteiger partial charge in [-0.3, -0.25) is 4.79 Å². The second kappa shape index (κ2) is 11.9. The Balaban J connectivity index is 1.25. The van der Waals surface area contributed by atoms with Crippen LogP contribution in [0.4, 0.5) is 19.0 Å². The Bertz CT molecular complexity index is 1740. The first-order chi connectivity index (χ1) is 21.7. The Morgan fingerprint density at radius 2 is 1.67 bits per heavy atom. The molecule has 0 radical (unpaired) electrons. The van der Waals surface area contributed by atoms with Crippen LogP contribution in [0.15, 0.2) is 60.7 Å². The van der Waals surface area contributed by atoms with Crippen molar-refractivity contribution in [2.24, 2.45) is 0 Å². The van der Waals surface area contributed by atoms with E-state index in [1.807, 2.05) is 48.2 Å². The third kappa shape index (κ3) is 5.91. The van der Waals surface area contributed by atoms with Crippen molar-refractivity contribution in [3.8, 4) is 22.6 Å². The SMILES string of the molecule is Cc1c(NCc2ccc(C(F)(F)F)cc2)nc2ccc(-c3ccc4c(c3)OCO4)cc2c1C(=O)N1CCC[C@H]1CN1CCCC1. The molecular formula is C35H35F3N4O3. The summed E-state index contributed by atoms with van der Waals surface area (Å²) in [5.41, 5.74) is 3.84. The number of fused-ring (bicyclic) bond motifs is 2. The van der Waals surface area contributed by atoms with Crippen molar-refractivity contribution < 1.29 is 27.4 Å². The van der Waals surface area contributed by atoms with Crippen LogP contribution in [-0.2, 0) is 12.7 Å². The number of alkyl halides is 3. The Hall–Kier alpha value is -4.31. The van der Waals surface area contributed by atoms with E-state index in [0.29, 0.717) is 46.1 Å². The van der Waals surface area contributed by atoms with Crippen LogP contribution >= 0.6 is 0 Å². The molecule has 3 aliphatic heterocycles. The predicted molar refractivity (Wildman–Crippen MR) is 167 cm³/mol. The lowest BCUT2D eigenvalue weighted by molar-refractivity contribution is -0.137. The number of benzene rings is 3. The van der Waals surface area contributed by atoms with Gasteiger partial charge in [0.1, 0.15) is 5.82 Å². The van der Waals surface area contributed by atoms with E-state index < -0.39 is 11.7 Å². The van der Waals surface area contributed by atoms with E-state index in [2.05, 4.69) is 10.2 Å². The van der Waals surface area contributed by atoms with Crippen molar-refractivity contribution in [1.82, 2.24) is 14.8 Å². The van der Waals surface area contributed by atoms with Gasteiger partial charge in [0.05, 0.1) is 16.6 Å². The predicted octanol–water partition coefficient (Wildman–Crippen LogP) is 7.27. The lowest BCUT2D eigenvalue weighted by atomic mass is 9.97. The smallest absolute Gasteiger partial charge is 0.416 e. The summed E-state index contributed by atoms with van der Waals surface area (Å²) in [6.07, 6.45) is -0.0460. The average Bonchev–Trinajstić information content (AvgIpc) is 3.82. The van der Waals surface area contributed by atoms with E-state index in [-0.39, 0.29) is 25.3 Å². The molecule has 2 saturated heterocycles. The van der Waals surface area contributed by atoms with Gasteiger partial charge in [-0.25, -0.2) is 4.98 Å². The Labute approximate surface area is 259 Å². The summed E-state index contributed by atoms with van der Waals surface area (Å²) in [6.45, 7) is 6.09. The number of halogens is 3. The standard InChI is InChI=1S/C35H35F3N4O3/c1-22-32(34(43)42-16-4-5-27(42)20-41-14-2-3-15-41)28-17-24(25-9-13-30-31(18-25)45-21-44-30)8-12-29(28)40-33(22)39-19-23-6-10-26(11-7-23)35(36,37)38/h6-13,17-18,27H,2-5,14-16,19-21H2,1H3,(H,39,40)/t27-/m0/s1. The second-order valence-corrected chi connectivity index (χ2v) is 12.1. The molecule has 1 amide bonds. The quantitative estimate of drug-likeness (QED) is 0.236. The molecule has 4 heterocycles. The zero-order valence-electron chi connectivity index (χ0n) is 25.1. The van der Waals surface area contributed by atoms with E-state index in [0.717, 1.165) is 61.1 Å². The van der Waals surface area contributed by atoms with Crippen molar-refractivity contribution in [3.63, 3.8) is 0 Å². The molecule has 4 aromatic rings. The van der Waals surface area contributed by atoms with Crippen LogP contribution in [-0.4, -0.2) is 59.7 Å². The number of rotatable bonds is 7. The van der Waals surface area contributed by atoms with Gasteiger partial charge in [0.15, 0.2) is 11.5 Å². The number of hydrogen-bond donors (Lipinski definition) is 1. The molecule has 0 bridgehead atoms. The van der Waals surface area contributed by atoms with Crippen molar-refractivity contribution >= 4 is 22.6 Å². The minimum Gasteiger partial charge on any atom is -0.454 e. The van der Waals surface area contributed by atoms with E-state index in [1.165, 1.54) is 25.0 Å². The van der Waals surface area contributed by atoms with Gasteiger partial charge in [0.25, 0.3) is 5.91 Å². The molecule has 7 rings (SSSR count). The first-order valence-electron chi connectivity index (χ1n) is 15.5. The number of likely N-dealkylation sites (tertiary alicyclic amines) is 2. The number of anilines is 1. The van der Waals surface area contributed by atoms with E-state index in [9.17, 15) is 18.0 Å². The van der Waals surface area contributed by atoms with Crippen LogP contribution in [0.25, 0.3) is 22.0 Å². The Morgan fingerprint density at radius 3 is 2.44 bits per heavy atom. The van der Waals surface area contributed by atoms with Gasteiger partial charge in [-0.05, 0) is 98.8 Å². The molecule has 10 heteroatoms. The van der Waals surface area contributed by atoms with Gasteiger partial charge >= 0.3 is 6.18 Å². The van der Waals surface area contributed by atoms with Gasteiger partial charge in [0, 0.05) is 36.6 Å². The van der Waals surface area contributed by atoms with Crippen LogP contribution in [0.1, 0.15) is 52.7 Å². The molecule has 0 saturated carbocycles. The van der Waals surface area contributed by atoms with Crippen molar-refractivity contribution in [3.05, 3.63) is 82.9 Å². The molecular weight excluding hydrogens is 581 g/mol. The molecule has 3 aliphatic rings. The molecule has 0 unspecified atom stereocenters. The first kappa shape index (κ1) is 29.4. The number of ether oxygens (including phenoxy) is 2. The molecule has 2 fully saturated rings. The van der Waals surface area contributed by atoms with Crippen LogP contribution in [0.3, 0.4) is 0 Å². The fourth-order valence-corrected chi connectivity index (χ4v) is 6.76. The summed E-state index contributed by atoms with van der Waals surface area (Å²) in [6, 6.07) is 17.0. The van der Waals surface area contributed by atoms with Gasteiger partial charge < -0.3 is 24.6 Å². The summed E-state index contributed by atoms with van der Waals surface area (Å²) < 4.78 is 50.3. The number of carbonyl (C=O) groups excluding carboxylic acids is 1. The molecule has 7 nitrogen and oxygen atoms in total. The summed E-state index contributed by atoms with van der Waals surface area (Å²) in [5.74, 6) is 1.91. The van der Waals surface area contributed by atoms with Crippen molar-refractivity contribution in [2.75, 3.05) is 38.3 Å². The van der Waals surface area contributed by atoms with Crippen molar-refractivity contribution in [1.29, 1.82) is 0 Å². The summed E-state index contributed by atoms with van der Waals surface area (Å²) >= 11 is 0.